The fourth-order valence-corrected chi connectivity index (χ4v) is 4.08. The zero-order chi connectivity index (χ0) is 25.0. The van der Waals surface area contributed by atoms with Gasteiger partial charge in [-0.15, -0.1) is 0 Å². The number of nitrogens with zero attached hydrogens (tertiary/aromatic N) is 1. The number of hydrogen-bond acceptors (Lipinski definition) is 6. The number of nitrogens with two attached hydrogens (primary N) is 1. The molecule has 1 atom stereocenters. The van der Waals surface area contributed by atoms with Crippen molar-refractivity contribution < 1.29 is 22.7 Å². The highest BCUT2D eigenvalue weighted by Gasteiger charge is 2.24. The first-order valence-electron chi connectivity index (χ1n) is 10.9. The van der Waals surface area contributed by atoms with Crippen LogP contribution in [0.1, 0.15) is 23.7 Å². The van der Waals surface area contributed by atoms with Crippen LogP contribution in [0.15, 0.2) is 89.8 Å². The normalized spacial score (nSPS) is 12.2. The van der Waals surface area contributed by atoms with Gasteiger partial charge in [0.1, 0.15) is 0 Å². The summed E-state index contributed by atoms with van der Waals surface area (Å²) in [6.07, 6.45) is -0.825. The molecule has 0 fully saturated rings. The van der Waals surface area contributed by atoms with Gasteiger partial charge in [-0.25, -0.2) is 23.3 Å². The summed E-state index contributed by atoms with van der Waals surface area (Å²) in [5.41, 5.74) is 2.74. The van der Waals surface area contributed by atoms with Gasteiger partial charge in [0.05, 0.1) is 21.7 Å². The van der Waals surface area contributed by atoms with Gasteiger partial charge in [0.25, 0.3) is 5.91 Å². The molecule has 1 heterocycles. The van der Waals surface area contributed by atoms with Crippen molar-refractivity contribution in [3.8, 4) is 11.3 Å². The van der Waals surface area contributed by atoms with Crippen molar-refractivity contribution in [2.75, 3.05) is 5.32 Å². The third-order valence-electron chi connectivity index (χ3n) is 5.37. The van der Waals surface area contributed by atoms with Gasteiger partial charge in [-0.3, -0.25) is 4.79 Å². The van der Waals surface area contributed by atoms with E-state index in [1.165, 1.54) is 24.3 Å². The number of sulfonamides is 1. The Balaban J connectivity index is 1.58. The Hall–Kier alpha value is -4.08. The lowest BCUT2D eigenvalue weighted by atomic mass is 10.0. The van der Waals surface area contributed by atoms with E-state index in [-0.39, 0.29) is 11.3 Å². The lowest BCUT2D eigenvalue weighted by Gasteiger charge is -2.17. The van der Waals surface area contributed by atoms with Crippen molar-refractivity contribution >= 4 is 38.5 Å². The highest BCUT2D eigenvalue weighted by molar-refractivity contribution is 7.89. The van der Waals surface area contributed by atoms with Crippen LogP contribution in [0.25, 0.3) is 22.2 Å². The highest BCUT2D eigenvalue weighted by Crippen LogP contribution is 2.26. The van der Waals surface area contributed by atoms with Crippen LogP contribution in [0.5, 0.6) is 0 Å². The molecule has 0 radical (unpaired) electrons. The molecule has 0 spiro atoms. The first-order chi connectivity index (χ1) is 16.8. The number of para-hydroxylation sites is 1. The molecule has 4 rings (SSSR count). The number of rotatable bonds is 7. The summed E-state index contributed by atoms with van der Waals surface area (Å²) >= 11 is 0. The Kier molecular flexibility index (Phi) is 6.90. The number of primary sulfonamides is 1. The third-order valence-corrected chi connectivity index (χ3v) is 6.30. The van der Waals surface area contributed by atoms with Gasteiger partial charge in [0.2, 0.25) is 10.0 Å². The predicted octanol–water partition coefficient (Wildman–Crippen LogP) is 4.12. The smallest absolute Gasteiger partial charge is 0.339 e. The standard InChI is InChI=1S/C26H23N3O5S/c1-2-24(25(30)28-18-12-14-19(15-13-18)35(27,32)33)34-26(31)21-16-23(17-8-4-3-5-9-17)29-22-11-7-6-10-20(21)22/h3-16,24H,2H2,1H3,(H,28,30)(H2,27,32,33). The molecule has 1 aromatic heterocycles. The van der Waals surface area contributed by atoms with Gasteiger partial charge in [-0.05, 0) is 42.8 Å². The van der Waals surface area contributed by atoms with E-state index in [0.29, 0.717) is 27.8 Å². The zero-order valence-corrected chi connectivity index (χ0v) is 19.7. The molecule has 1 amide bonds. The average Bonchev–Trinajstić information content (AvgIpc) is 2.86. The number of aromatic nitrogens is 1. The van der Waals surface area contributed by atoms with Crippen LogP contribution < -0.4 is 10.5 Å². The van der Waals surface area contributed by atoms with Crippen molar-refractivity contribution in [2.45, 2.75) is 24.3 Å². The van der Waals surface area contributed by atoms with Crippen molar-refractivity contribution in [2.24, 2.45) is 5.14 Å². The molecule has 8 nitrogen and oxygen atoms in total. The molecule has 3 N–H and O–H groups in total. The van der Waals surface area contributed by atoms with Crippen molar-refractivity contribution in [1.82, 2.24) is 4.98 Å². The monoisotopic (exact) mass is 489 g/mol. The van der Waals surface area contributed by atoms with E-state index < -0.39 is 28.0 Å². The van der Waals surface area contributed by atoms with E-state index in [4.69, 9.17) is 9.88 Å². The summed E-state index contributed by atoms with van der Waals surface area (Å²) in [6, 6.07) is 23.8. The lowest BCUT2D eigenvalue weighted by Crippen LogP contribution is -2.32. The van der Waals surface area contributed by atoms with Crippen LogP contribution in [0.3, 0.4) is 0 Å². The van der Waals surface area contributed by atoms with Crippen LogP contribution in [-0.4, -0.2) is 31.4 Å². The Labute approximate surface area is 202 Å². The van der Waals surface area contributed by atoms with Crippen LogP contribution in [0.4, 0.5) is 5.69 Å². The lowest BCUT2D eigenvalue weighted by molar-refractivity contribution is -0.124. The maximum absolute atomic E-state index is 13.2. The van der Waals surface area contributed by atoms with Crippen molar-refractivity contribution in [3.63, 3.8) is 0 Å². The molecule has 0 aliphatic carbocycles. The summed E-state index contributed by atoms with van der Waals surface area (Å²) in [5.74, 6) is -1.18. The number of nitrogens with one attached hydrogen (secondary N) is 1. The van der Waals surface area contributed by atoms with Gasteiger partial charge >= 0.3 is 5.97 Å². The fourth-order valence-electron chi connectivity index (χ4n) is 3.57. The maximum Gasteiger partial charge on any atom is 0.339 e. The zero-order valence-electron chi connectivity index (χ0n) is 18.8. The molecule has 0 bridgehead atoms. The van der Waals surface area contributed by atoms with Crippen LogP contribution in [0.2, 0.25) is 0 Å². The predicted molar refractivity (Wildman–Crippen MR) is 133 cm³/mol. The Bertz CT molecular complexity index is 1490. The SMILES string of the molecule is CCC(OC(=O)c1cc(-c2ccccc2)nc2ccccc12)C(=O)Nc1ccc(S(N)(=O)=O)cc1. The Morgan fingerprint density at radius 1 is 0.971 bits per heavy atom. The summed E-state index contributed by atoms with van der Waals surface area (Å²) in [5, 5.41) is 8.35. The molecular formula is C26H23N3O5S. The second-order valence-electron chi connectivity index (χ2n) is 7.80. The minimum atomic E-state index is -3.84. The molecule has 4 aromatic rings. The maximum atomic E-state index is 13.2. The van der Waals surface area contributed by atoms with E-state index >= 15 is 0 Å². The molecule has 35 heavy (non-hydrogen) atoms. The minimum absolute atomic E-state index is 0.0762. The summed E-state index contributed by atoms with van der Waals surface area (Å²) < 4.78 is 28.4. The van der Waals surface area contributed by atoms with Crippen LogP contribution >= 0.6 is 0 Å². The number of pyridine rings is 1. The molecule has 178 valence electrons. The first-order valence-corrected chi connectivity index (χ1v) is 12.4. The second-order valence-corrected chi connectivity index (χ2v) is 9.36. The van der Waals surface area contributed by atoms with E-state index in [1.54, 1.807) is 25.1 Å². The molecule has 0 aliphatic rings. The number of benzene rings is 3. The third kappa shape index (κ3) is 5.53. The first kappa shape index (κ1) is 24.1. The molecule has 0 aliphatic heterocycles. The number of hydrogen-bond donors (Lipinski definition) is 2. The van der Waals surface area contributed by atoms with Gasteiger partial charge < -0.3 is 10.1 Å². The Morgan fingerprint density at radius 3 is 2.29 bits per heavy atom. The van der Waals surface area contributed by atoms with E-state index in [2.05, 4.69) is 10.3 Å². The molecule has 3 aromatic carbocycles. The summed E-state index contributed by atoms with van der Waals surface area (Å²) in [4.78, 5) is 30.6. The van der Waals surface area contributed by atoms with E-state index in [0.717, 1.165) is 5.56 Å². The number of anilines is 1. The second kappa shape index (κ2) is 10.0. The van der Waals surface area contributed by atoms with Crippen LogP contribution in [0, 0.1) is 0 Å². The number of ether oxygens (including phenoxy) is 1. The summed E-state index contributed by atoms with van der Waals surface area (Å²) in [6.45, 7) is 1.72. The molecule has 1 unspecified atom stereocenters. The largest absolute Gasteiger partial charge is 0.449 e. The number of carbonyl (C=O) groups is 2. The van der Waals surface area contributed by atoms with Gasteiger partial charge in [0.15, 0.2) is 6.10 Å². The fraction of sp³-hybridized carbons (Fsp3) is 0.115. The number of esters is 1. The molecule has 9 heteroatoms. The number of fused-ring (bicyclic) bond motifs is 1. The minimum Gasteiger partial charge on any atom is -0.449 e. The number of amides is 1. The van der Waals surface area contributed by atoms with E-state index in [9.17, 15) is 18.0 Å². The Morgan fingerprint density at radius 2 is 1.63 bits per heavy atom. The molecular weight excluding hydrogens is 466 g/mol. The molecule has 0 saturated heterocycles. The van der Waals surface area contributed by atoms with Crippen molar-refractivity contribution in [1.29, 1.82) is 0 Å². The highest BCUT2D eigenvalue weighted by atomic mass is 32.2. The van der Waals surface area contributed by atoms with Gasteiger partial charge in [-0.1, -0.05) is 55.5 Å². The van der Waals surface area contributed by atoms with Gasteiger partial charge in [0, 0.05) is 16.6 Å². The molecule has 0 saturated carbocycles. The average molecular weight is 490 g/mol. The number of carbonyl (C=O) groups excluding carboxylic acids is 2. The van der Waals surface area contributed by atoms with Crippen molar-refractivity contribution in [3.05, 3.63) is 90.5 Å². The topological polar surface area (TPSA) is 128 Å². The van der Waals surface area contributed by atoms with Crippen LogP contribution in [-0.2, 0) is 19.6 Å². The quantitative estimate of drug-likeness (QED) is 0.376. The van der Waals surface area contributed by atoms with Gasteiger partial charge in [-0.2, -0.15) is 0 Å². The van der Waals surface area contributed by atoms with E-state index in [1.807, 2.05) is 42.5 Å². The summed E-state index contributed by atoms with van der Waals surface area (Å²) in [7, 11) is -3.84.